The van der Waals surface area contributed by atoms with E-state index in [0.29, 0.717) is 5.75 Å². The zero-order chi connectivity index (χ0) is 11.7. The van der Waals surface area contributed by atoms with Crippen molar-refractivity contribution in [2.24, 2.45) is 0 Å². The van der Waals surface area contributed by atoms with Crippen LogP contribution in [0.4, 0.5) is 0 Å². The Morgan fingerprint density at radius 3 is 2.40 bits per heavy atom. The lowest BCUT2D eigenvalue weighted by atomic mass is 10.1. The van der Waals surface area contributed by atoms with E-state index in [1.54, 1.807) is 6.07 Å². The Morgan fingerprint density at radius 1 is 1.20 bits per heavy atom. The molecule has 0 unspecified atom stereocenters. The van der Waals surface area contributed by atoms with Crippen LogP contribution in [0.2, 0.25) is 0 Å². The van der Waals surface area contributed by atoms with Crippen molar-refractivity contribution in [2.45, 2.75) is 26.7 Å². The molecule has 0 aliphatic carbocycles. The van der Waals surface area contributed by atoms with Crippen LogP contribution in [0.1, 0.15) is 25.8 Å². The van der Waals surface area contributed by atoms with Gasteiger partial charge in [0.15, 0.2) is 0 Å². The summed E-state index contributed by atoms with van der Waals surface area (Å²) in [6.07, 6.45) is 2.17. The first-order valence-corrected chi connectivity index (χ1v) is 5.61. The van der Waals surface area contributed by atoms with E-state index >= 15 is 0 Å². The quantitative estimate of drug-likeness (QED) is 0.824. The van der Waals surface area contributed by atoms with Gasteiger partial charge in [-0.1, -0.05) is 26.0 Å². The summed E-state index contributed by atoms with van der Waals surface area (Å²) in [6, 6.07) is 7.47. The summed E-state index contributed by atoms with van der Waals surface area (Å²) in [4.78, 5) is 2.17. The van der Waals surface area contributed by atoms with Crippen LogP contribution in [0.25, 0.3) is 0 Å². The van der Waals surface area contributed by atoms with Crippen LogP contribution in [-0.2, 0) is 6.42 Å². The van der Waals surface area contributed by atoms with Gasteiger partial charge in [0, 0.05) is 0 Å². The molecule has 2 nitrogen and oxygen atoms in total. The summed E-state index contributed by atoms with van der Waals surface area (Å²) in [5.41, 5.74) is 1.21. The molecule has 0 heterocycles. The summed E-state index contributed by atoms with van der Waals surface area (Å²) >= 11 is 0. The van der Waals surface area contributed by atoms with Crippen LogP contribution < -0.4 is 0 Å². The van der Waals surface area contributed by atoms with Crippen molar-refractivity contribution in [3.8, 4) is 5.75 Å². The summed E-state index contributed by atoms with van der Waals surface area (Å²) < 4.78 is 0. The minimum absolute atomic E-state index is 0.363. The monoisotopic (exact) mass is 209 g/mol. The number of benzene rings is 1. The molecule has 0 atom stereocenters. The molecular formula is C13H23NO. The third-order valence-corrected chi connectivity index (χ3v) is 1.98. The first-order chi connectivity index (χ1) is 7.18. The lowest BCUT2D eigenvalue weighted by molar-refractivity contribution is 0.400. The molecule has 1 aromatic rings. The minimum atomic E-state index is 0.363. The van der Waals surface area contributed by atoms with Gasteiger partial charge in [0.1, 0.15) is 5.75 Å². The molecule has 2 heteroatoms. The van der Waals surface area contributed by atoms with Gasteiger partial charge in [-0.3, -0.25) is 0 Å². The maximum Gasteiger partial charge on any atom is 0.115 e. The van der Waals surface area contributed by atoms with Gasteiger partial charge in [0.2, 0.25) is 0 Å². The highest BCUT2D eigenvalue weighted by atomic mass is 16.3. The largest absolute Gasteiger partial charge is 0.508 e. The van der Waals surface area contributed by atoms with Crippen molar-refractivity contribution in [1.82, 2.24) is 4.90 Å². The molecule has 0 saturated carbocycles. The lowest BCUT2D eigenvalue weighted by Crippen LogP contribution is -2.13. The second-order valence-corrected chi connectivity index (χ2v) is 3.58. The fourth-order valence-corrected chi connectivity index (χ4v) is 1.31. The normalized spacial score (nSPS) is 9.67. The maximum absolute atomic E-state index is 9.21. The molecule has 0 aliphatic heterocycles. The average molecular weight is 209 g/mol. The molecule has 0 saturated heterocycles. The van der Waals surface area contributed by atoms with Crippen molar-refractivity contribution in [3.63, 3.8) is 0 Å². The maximum atomic E-state index is 9.21. The summed E-state index contributed by atoms with van der Waals surface area (Å²) in [6.45, 7) is 5.09. The second-order valence-electron chi connectivity index (χ2n) is 3.58. The van der Waals surface area contributed by atoms with E-state index in [1.165, 1.54) is 5.56 Å². The highest BCUT2D eigenvalue weighted by Gasteiger charge is 1.95. The summed E-state index contributed by atoms with van der Waals surface area (Å²) in [5.74, 6) is 0.363. The molecule has 15 heavy (non-hydrogen) atoms. The molecule has 0 aliphatic rings. The van der Waals surface area contributed by atoms with E-state index in [1.807, 2.05) is 26.0 Å². The van der Waals surface area contributed by atoms with Gasteiger partial charge in [-0.2, -0.15) is 0 Å². The number of aryl methyl sites for hydroxylation is 1. The van der Waals surface area contributed by atoms with Crippen molar-refractivity contribution in [2.75, 3.05) is 20.6 Å². The van der Waals surface area contributed by atoms with Gasteiger partial charge >= 0.3 is 0 Å². The zero-order valence-corrected chi connectivity index (χ0v) is 10.3. The minimum Gasteiger partial charge on any atom is -0.508 e. The molecule has 0 aromatic heterocycles. The Labute approximate surface area is 93.5 Å². The predicted molar refractivity (Wildman–Crippen MR) is 66.3 cm³/mol. The standard InChI is InChI=1S/C11H17NO.C2H6/c1-12(2)8-4-6-10-5-3-7-11(13)9-10;1-2/h3,5,7,9,13H,4,6,8H2,1-2H3;1-2H3. The van der Waals surface area contributed by atoms with E-state index in [0.717, 1.165) is 19.4 Å². The Hall–Kier alpha value is -1.02. The SMILES string of the molecule is CC.CN(C)CCCc1cccc(O)c1. The van der Waals surface area contributed by atoms with E-state index in [9.17, 15) is 5.11 Å². The molecule has 1 aromatic carbocycles. The van der Waals surface area contributed by atoms with Crippen molar-refractivity contribution in [1.29, 1.82) is 0 Å². The van der Waals surface area contributed by atoms with Gasteiger partial charge in [0.25, 0.3) is 0 Å². The van der Waals surface area contributed by atoms with Crippen LogP contribution in [0.3, 0.4) is 0 Å². The smallest absolute Gasteiger partial charge is 0.115 e. The second kappa shape index (κ2) is 8.30. The van der Waals surface area contributed by atoms with Crippen LogP contribution in [-0.4, -0.2) is 30.6 Å². The Morgan fingerprint density at radius 2 is 1.87 bits per heavy atom. The van der Waals surface area contributed by atoms with Gasteiger partial charge in [-0.25, -0.2) is 0 Å². The molecule has 86 valence electrons. The fourth-order valence-electron chi connectivity index (χ4n) is 1.31. The Bertz CT molecular complexity index is 258. The van der Waals surface area contributed by atoms with E-state index in [4.69, 9.17) is 0 Å². The topological polar surface area (TPSA) is 23.5 Å². The van der Waals surface area contributed by atoms with Gasteiger partial charge in [-0.15, -0.1) is 0 Å². The van der Waals surface area contributed by atoms with Gasteiger partial charge in [0.05, 0.1) is 0 Å². The molecule has 0 fully saturated rings. The highest BCUT2D eigenvalue weighted by Crippen LogP contribution is 2.12. The number of rotatable bonds is 4. The van der Waals surface area contributed by atoms with Crippen molar-refractivity contribution < 1.29 is 5.11 Å². The van der Waals surface area contributed by atoms with Crippen LogP contribution in [0.15, 0.2) is 24.3 Å². The van der Waals surface area contributed by atoms with Crippen LogP contribution >= 0.6 is 0 Å². The molecule has 0 bridgehead atoms. The van der Waals surface area contributed by atoms with Gasteiger partial charge in [-0.05, 0) is 51.2 Å². The van der Waals surface area contributed by atoms with Crippen LogP contribution in [0.5, 0.6) is 5.75 Å². The lowest BCUT2D eigenvalue weighted by Gasteiger charge is -2.08. The van der Waals surface area contributed by atoms with E-state index in [-0.39, 0.29) is 0 Å². The third kappa shape index (κ3) is 6.97. The van der Waals surface area contributed by atoms with Gasteiger partial charge < -0.3 is 10.0 Å². The fraction of sp³-hybridized carbons (Fsp3) is 0.538. The van der Waals surface area contributed by atoms with E-state index < -0.39 is 0 Å². The Kier molecular flexibility index (Phi) is 7.74. The first kappa shape index (κ1) is 14.0. The molecule has 1 N–H and O–H groups in total. The molecular weight excluding hydrogens is 186 g/mol. The predicted octanol–water partition coefficient (Wildman–Crippen LogP) is 2.91. The first-order valence-electron chi connectivity index (χ1n) is 5.61. The van der Waals surface area contributed by atoms with Crippen molar-refractivity contribution in [3.05, 3.63) is 29.8 Å². The number of phenolic OH excluding ortho intramolecular Hbond substituents is 1. The number of nitrogens with zero attached hydrogens (tertiary/aromatic N) is 1. The summed E-state index contributed by atoms with van der Waals surface area (Å²) in [5, 5.41) is 9.21. The number of phenols is 1. The van der Waals surface area contributed by atoms with E-state index in [2.05, 4.69) is 25.1 Å². The molecule has 0 spiro atoms. The van der Waals surface area contributed by atoms with Crippen molar-refractivity contribution >= 4 is 0 Å². The Balaban J connectivity index is 0.000000921. The molecule has 1 rings (SSSR count). The average Bonchev–Trinajstić information content (AvgIpc) is 2.20. The number of hydrogen-bond donors (Lipinski definition) is 1. The number of hydrogen-bond acceptors (Lipinski definition) is 2. The zero-order valence-electron chi connectivity index (χ0n) is 10.3. The highest BCUT2D eigenvalue weighted by molar-refractivity contribution is 5.27. The molecule has 0 radical (unpaired) electrons. The summed E-state index contributed by atoms with van der Waals surface area (Å²) in [7, 11) is 4.14. The molecule has 0 amide bonds. The number of aromatic hydroxyl groups is 1. The van der Waals surface area contributed by atoms with Crippen LogP contribution in [0, 0.1) is 0 Å². The third-order valence-electron chi connectivity index (χ3n) is 1.98.